The molecule has 0 bridgehead atoms. The van der Waals surface area contributed by atoms with Crippen LogP contribution in [-0.4, -0.2) is 42.8 Å². The Morgan fingerprint density at radius 2 is 1.74 bits per heavy atom. The van der Waals surface area contributed by atoms with Crippen molar-refractivity contribution < 1.29 is 18.8 Å². The van der Waals surface area contributed by atoms with Crippen LogP contribution in [0.5, 0.6) is 0 Å². The fourth-order valence-electron chi connectivity index (χ4n) is 2.56. The quantitative estimate of drug-likeness (QED) is 0.817. The van der Waals surface area contributed by atoms with Crippen molar-refractivity contribution in [3.05, 3.63) is 65.5 Å². The van der Waals surface area contributed by atoms with Gasteiger partial charge in [-0.25, -0.2) is 4.39 Å². The van der Waals surface area contributed by atoms with Crippen molar-refractivity contribution in [3.63, 3.8) is 0 Å². The van der Waals surface area contributed by atoms with E-state index in [9.17, 15) is 18.8 Å². The van der Waals surface area contributed by atoms with E-state index in [1.165, 1.54) is 24.0 Å². The Bertz CT molecular complexity index is 838. The van der Waals surface area contributed by atoms with Gasteiger partial charge in [-0.2, -0.15) is 0 Å². The first kappa shape index (κ1) is 20.1. The van der Waals surface area contributed by atoms with Gasteiger partial charge in [0.1, 0.15) is 11.9 Å². The van der Waals surface area contributed by atoms with E-state index in [4.69, 9.17) is 0 Å². The summed E-state index contributed by atoms with van der Waals surface area (Å²) in [5.74, 6) is -1.88. The molecule has 27 heavy (non-hydrogen) atoms. The Morgan fingerprint density at radius 1 is 1.07 bits per heavy atom. The molecule has 2 aromatic rings. The maximum Gasteiger partial charge on any atom is 0.252 e. The van der Waals surface area contributed by atoms with Crippen LogP contribution in [0.1, 0.15) is 22.8 Å². The Morgan fingerprint density at radius 3 is 2.33 bits per heavy atom. The van der Waals surface area contributed by atoms with Crippen LogP contribution >= 0.6 is 0 Å². The fourth-order valence-corrected chi connectivity index (χ4v) is 2.56. The number of carbonyl (C=O) groups is 3. The molecule has 7 heteroatoms. The number of nitrogens with zero attached hydrogens (tertiary/aromatic N) is 1. The smallest absolute Gasteiger partial charge is 0.252 e. The number of benzene rings is 2. The van der Waals surface area contributed by atoms with Gasteiger partial charge in [0.2, 0.25) is 11.8 Å². The van der Waals surface area contributed by atoms with E-state index in [0.29, 0.717) is 6.42 Å². The Balaban J connectivity index is 2.22. The van der Waals surface area contributed by atoms with Gasteiger partial charge in [-0.1, -0.05) is 30.3 Å². The molecule has 6 nitrogen and oxygen atoms in total. The highest BCUT2D eigenvalue weighted by Gasteiger charge is 2.23. The maximum atomic E-state index is 13.8. The Kier molecular flexibility index (Phi) is 6.65. The minimum Gasteiger partial charge on any atom is -0.347 e. The predicted molar refractivity (Wildman–Crippen MR) is 101 cm³/mol. The van der Waals surface area contributed by atoms with Gasteiger partial charge in [-0.15, -0.1) is 0 Å². The summed E-state index contributed by atoms with van der Waals surface area (Å²) in [5.41, 5.74) is 0.953. The van der Waals surface area contributed by atoms with Crippen LogP contribution in [0.15, 0.2) is 48.5 Å². The normalized spacial score (nSPS) is 11.4. The van der Waals surface area contributed by atoms with E-state index in [1.54, 1.807) is 14.1 Å². The second-order valence-corrected chi connectivity index (χ2v) is 6.32. The van der Waals surface area contributed by atoms with Crippen molar-refractivity contribution in [1.29, 1.82) is 0 Å². The minimum absolute atomic E-state index is 0.0892. The van der Waals surface area contributed by atoms with Gasteiger partial charge in [-0.3, -0.25) is 14.4 Å². The van der Waals surface area contributed by atoms with Gasteiger partial charge in [0, 0.05) is 33.0 Å². The van der Waals surface area contributed by atoms with Crippen LogP contribution in [0.2, 0.25) is 0 Å². The summed E-state index contributed by atoms with van der Waals surface area (Å²) >= 11 is 0. The topological polar surface area (TPSA) is 78.5 Å². The van der Waals surface area contributed by atoms with Crippen LogP contribution < -0.4 is 10.6 Å². The summed E-state index contributed by atoms with van der Waals surface area (Å²) in [7, 11) is 3.22. The standard InChI is InChI=1S/C20H22FN3O3/c1-13(25)22-17-12-15(9-10-16(17)21)19(26)23-18(20(27)24(2)3)11-14-7-5-4-6-8-14/h4-10,12,18H,11H2,1-3H3,(H,22,25)(H,23,26). The van der Waals surface area contributed by atoms with E-state index in [1.807, 2.05) is 30.3 Å². The molecule has 1 unspecified atom stereocenters. The third kappa shape index (κ3) is 5.64. The van der Waals surface area contributed by atoms with E-state index in [0.717, 1.165) is 11.6 Å². The van der Waals surface area contributed by atoms with E-state index >= 15 is 0 Å². The zero-order valence-corrected chi connectivity index (χ0v) is 15.5. The molecule has 2 aromatic carbocycles. The van der Waals surface area contributed by atoms with Crippen LogP contribution in [0.3, 0.4) is 0 Å². The van der Waals surface area contributed by atoms with Gasteiger partial charge < -0.3 is 15.5 Å². The molecule has 3 amide bonds. The second-order valence-electron chi connectivity index (χ2n) is 6.32. The van der Waals surface area contributed by atoms with Crippen LogP contribution in [-0.2, 0) is 16.0 Å². The van der Waals surface area contributed by atoms with Crippen LogP contribution in [0, 0.1) is 5.82 Å². The van der Waals surface area contributed by atoms with Crippen molar-refractivity contribution in [2.45, 2.75) is 19.4 Å². The summed E-state index contributed by atoms with van der Waals surface area (Å²) in [6.07, 6.45) is 0.323. The number of halogens is 1. The molecule has 2 N–H and O–H groups in total. The molecule has 0 saturated heterocycles. The number of nitrogens with one attached hydrogen (secondary N) is 2. The fraction of sp³-hybridized carbons (Fsp3) is 0.250. The first-order valence-corrected chi connectivity index (χ1v) is 8.41. The maximum absolute atomic E-state index is 13.8. The summed E-state index contributed by atoms with van der Waals surface area (Å²) in [6, 6.07) is 12.2. The molecule has 1 atom stereocenters. The van der Waals surface area contributed by atoms with E-state index < -0.39 is 23.7 Å². The number of amides is 3. The summed E-state index contributed by atoms with van der Waals surface area (Å²) in [4.78, 5) is 37.6. The van der Waals surface area contributed by atoms with Crippen molar-refractivity contribution in [2.75, 3.05) is 19.4 Å². The molecule has 0 spiro atoms. The lowest BCUT2D eigenvalue weighted by Gasteiger charge is -2.22. The molecule has 0 aliphatic rings. The SMILES string of the molecule is CC(=O)Nc1cc(C(=O)NC(Cc2ccccc2)C(=O)N(C)C)ccc1F. The van der Waals surface area contributed by atoms with Crippen LogP contribution in [0.25, 0.3) is 0 Å². The molecule has 142 valence electrons. The third-order valence-electron chi connectivity index (χ3n) is 3.87. The van der Waals surface area contributed by atoms with Gasteiger partial charge in [0.05, 0.1) is 5.69 Å². The van der Waals surface area contributed by atoms with Crippen molar-refractivity contribution >= 4 is 23.4 Å². The molecule has 0 aromatic heterocycles. The molecule has 0 heterocycles. The monoisotopic (exact) mass is 371 g/mol. The second kappa shape index (κ2) is 8.93. The molecule has 0 fully saturated rings. The third-order valence-corrected chi connectivity index (χ3v) is 3.87. The number of carbonyl (C=O) groups excluding carboxylic acids is 3. The highest BCUT2D eigenvalue weighted by atomic mass is 19.1. The molecule has 0 aliphatic heterocycles. The molecular weight excluding hydrogens is 349 g/mol. The van der Waals surface area contributed by atoms with Gasteiger partial charge in [-0.05, 0) is 23.8 Å². The van der Waals surface area contributed by atoms with Crippen molar-refractivity contribution in [3.8, 4) is 0 Å². The largest absolute Gasteiger partial charge is 0.347 e. The summed E-state index contributed by atoms with van der Waals surface area (Å²) in [5, 5.41) is 5.03. The van der Waals surface area contributed by atoms with Gasteiger partial charge >= 0.3 is 0 Å². The van der Waals surface area contributed by atoms with Crippen LogP contribution in [0.4, 0.5) is 10.1 Å². The zero-order valence-electron chi connectivity index (χ0n) is 15.5. The number of hydrogen-bond acceptors (Lipinski definition) is 3. The molecule has 0 radical (unpaired) electrons. The number of hydrogen-bond donors (Lipinski definition) is 2. The van der Waals surface area contributed by atoms with Crippen molar-refractivity contribution in [2.24, 2.45) is 0 Å². The first-order valence-electron chi connectivity index (χ1n) is 8.41. The lowest BCUT2D eigenvalue weighted by molar-refractivity contribution is -0.130. The number of anilines is 1. The lowest BCUT2D eigenvalue weighted by atomic mass is 10.0. The van der Waals surface area contributed by atoms with E-state index in [-0.39, 0.29) is 17.2 Å². The van der Waals surface area contributed by atoms with Gasteiger partial charge in [0.15, 0.2) is 0 Å². The highest BCUT2D eigenvalue weighted by Crippen LogP contribution is 2.16. The zero-order chi connectivity index (χ0) is 20.0. The molecule has 2 rings (SSSR count). The summed E-state index contributed by atoms with van der Waals surface area (Å²) < 4.78 is 13.8. The Hall–Kier alpha value is -3.22. The van der Waals surface area contributed by atoms with E-state index in [2.05, 4.69) is 10.6 Å². The Labute approximate surface area is 157 Å². The first-order chi connectivity index (χ1) is 12.8. The molecular formula is C20H22FN3O3. The molecule has 0 saturated carbocycles. The highest BCUT2D eigenvalue weighted by molar-refractivity contribution is 5.99. The predicted octanol–water partition coefficient (Wildman–Crippen LogP) is 2.21. The molecule has 0 aliphatic carbocycles. The number of likely N-dealkylation sites (N-methyl/N-ethyl adjacent to an activating group) is 1. The average Bonchev–Trinajstić information content (AvgIpc) is 2.62. The minimum atomic E-state index is -0.774. The summed E-state index contributed by atoms with van der Waals surface area (Å²) in [6.45, 7) is 1.25. The van der Waals surface area contributed by atoms with Gasteiger partial charge in [0.25, 0.3) is 5.91 Å². The number of rotatable bonds is 6. The lowest BCUT2D eigenvalue weighted by Crippen LogP contribution is -2.47. The average molecular weight is 371 g/mol. The van der Waals surface area contributed by atoms with Crippen molar-refractivity contribution in [1.82, 2.24) is 10.2 Å².